The Kier molecular flexibility index (Phi) is 4.90. The van der Waals surface area contributed by atoms with E-state index in [0.29, 0.717) is 17.6 Å². The van der Waals surface area contributed by atoms with Gasteiger partial charge in [-0.15, -0.1) is 0 Å². The third-order valence-electron chi connectivity index (χ3n) is 5.03. The minimum atomic E-state index is -0.0778. The molecule has 0 unspecified atom stereocenters. The zero-order valence-corrected chi connectivity index (χ0v) is 14.4. The summed E-state index contributed by atoms with van der Waals surface area (Å²) in [5.41, 5.74) is 0.744. The highest BCUT2D eigenvalue weighted by Gasteiger charge is 2.31. The first kappa shape index (κ1) is 16.3. The van der Waals surface area contributed by atoms with Crippen molar-refractivity contribution in [3.63, 3.8) is 0 Å². The van der Waals surface area contributed by atoms with E-state index in [1.54, 1.807) is 17.2 Å². The summed E-state index contributed by atoms with van der Waals surface area (Å²) in [6.07, 6.45) is 5.13. The van der Waals surface area contributed by atoms with Crippen LogP contribution in [0.3, 0.4) is 0 Å². The highest BCUT2D eigenvalue weighted by molar-refractivity contribution is 8.00. The molecule has 6 heteroatoms. The van der Waals surface area contributed by atoms with Crippen molar-refractivity contribution in [2.24, 2.45) is 11.8 Å². The number of thioether (sulfide) groups is 1. The second kappa shape index (κ2) is 6.91. The van der Waals surface area contributed by atoms with Gasteiger partial charge < -0.3 is 5.32 Å². The van der Waals surface area contributed by atoms with E-state index in [0.717, 1.165) is 23.6 Å². The summed E-state index contributed by atoms with van der Waals surface area (Å²) in [6.45, 7) is 4.53. The van der Waals surface area contributed by atoms with Crippen molar-refractivity contribution in [3.8, 4) is 0 Å². The van der Waals surface area contributed by atoms with Crippen LogP contribution in [0.2, 0.25) is 0 Å². The average molecular weight is 333 g/mol. The zero-order chi connectivity index (χ0) is 16.4. The van der Waals surface area contributed by atoms with Crippen molar-refractivity contribution in [3.05, 3.63) is 18.3 Å². The standard InChI is InChI=1S/C17H23N3O2S/c1-11-5-3-6-13(12(11)2)19-15(21)9-20-14-7-4-8-18-17(14)23-10-16(20)22/h4,7-8,11-13H,3,5-6,9-10H2,1-2H3,(H,19,21)/t11-,12-,13-/m1/s1. The van der Waals surface area contributed by atoms with Gasteiger partial charge in [0, 0.05) is 12.2 Å². The molecule has 1 N–H and O–H groups in total. The van der Waals surface area contributed by atoms with E-state index in [4.69, 9.17) is 0 Å². The molecule has 3 atom stereocenters. The van der Waals surface area contributed by atoms with Crippen molar-refractivity contribution >= 4 is 29.3 Å². The van der Waals surface area contributed by atoms with Gasteiger partial charge in [0.05, 0.1) is 11.4 Å². The van der Waals surface area contributed by atoms with Gasteiger partial charge in [0.2, 0.25) is 11.8 Å². The third-order valence-corrected chi connectivity index (χ3v) is 6.01. The predicted molar refractivity (Wildman–Crippen MR) is 91.4 cm³/mol. The van der Waals surface area contributed by atoms with E-state index in [-0.39, 0.29) is 24.4 Å². The van der Waals surface area contributed by atoms with Crippen molar-refractivity contribution in [1.82, 2.24) is 10.3 Å². The van der Waals surface area contributed by atoms with E-state index in [1.165, 1.54) is 18.2 Å². The number of hydrogen-bond donors (Lipinski definition) is 1. The van der Waals surface area contributed by atoms with Crippen LogP contribution in [0.4, 0.5) is 5.69 Å². The molecule has 0 aromatic carbocycles. The molecule has 2 heterocycles. The fourth-order valence-corrected chi connectivity index (χ4v) is 4.27. The van der Waals surface area contributed by atoms with Gasteiger partial charge in [-0.3, -0.25) is 14.5 Å². The van der Waals surface area contributed by atoms with E-state index >= 15 is 0 Å². The van der Waals surface area contributed by atoms with Crippen LogP contribution in [-0.4, -0.2) is 35.1 Å². The lowest BCUT2D eigenvalue weighted by atomic mass is 9.78. The van der Waals surface area contributed by atoms with E-state index in [2.05, 4.69) is 24.1 Å². The molecular weight excluding hydrogens is 310 g/mol. The van der Waals surface area contributed by atoms with Crippen LogP contribution in [0.5, 0.6) is 0 Å². The largest absolute Gasteiger partial charge is 0.352 e. The lowest BCUT2D eigenvalue weighted by Crippen LogP contribution is -2.49. The fraction of sp³-hybridized carbons (Fsp3) is 0.588. The molecule has 124 valence electrons. The van der Waals surface area contributed by atoms with Gasteiger partial charge in [0.25, 0.3) is 0 Å². The Hall–Kier alpha value is -1.56. The van der Waals surface area contributed by atoms with Crippen molar-refractivity contribution in [2.75, 3.05) is 17.2 Å². The molecule has 2 amide bonds. The average Bonchev–Trinajstić information content (AvgIpc) is 2.54. The smallest absolute Gasteiger partial charge is 0.240 e. The molecule has 0 radical (unpaired) electrons. The molecule has 0 bridgehead atoms. The SMILES string of the molecule is C[C@@H]1[C@H](C)CCC[C@H]1NC(=O)CN1C(=O)CSc2ncccc21. The topological polar surface area (TPSA) is 62.3 Å². The molecule has 1 aromatic rings. The van der Waals surface area contributed by atoms with E-state index in [1.807, 2.05) is 6.07 Å². The lowest BCUT2D eigenvalue weighted by Gasteiger charge is -2.35. The monoisotopic (exact) mass is 333 g/mol. The minimum Gasteiger partial charge on any atom is -0.352 e. The third kappa shape index (κ3) is 3.52. The summed E-state index contributed by atoms with van der Waals surface area (Å²) in [5, 5.41) is 3.96. The van der Waals surface area contributed by atoms with Gasteiger partial charge in [0.1, 0.15) is 11.6 Å². The first-order valence-corrected chi connectivity index (χ1v) is 9.22. The maximum atomic E-state index is 12.5. The molecule has 2 aliphatic rings. The summed E-state index contributed by atoms with van der Waals surface area (Å²) in [5.74, 6) is 1.34. The number of pyridine rings is 1. The molecule has 5 nitrogen and oxygen atoms in total. The minimum absolute atomic E-state index is 0.0317. The summed E-state index contributed by atoms with van der Waals surface area (Å²) in [6, 6.07) is 3.87. The molecule has 3 rings (SSSR count). The molecule has 1 fully saturated rings. The second-order valence-electron chi connectivity index (χ2n) is 6.54. The predicted octanol–water partition coefficient (Wildman–Crippen LogP) is 2.46. The number of rotatable bonds is 3. The zero-order valence-electron chi connectivity index (χ0n) is 13.6. The number of carbonyl (C=O) groups excluding carboxylic acids is 2. The first-order valence-electron chi connectivity index (χ1n) is 8.24. The Morgan fingerprint density at radius 1 is 1.43 bits per heavy atom. The van der Waals surface area contributed by atoms with Gasteiger partial charge in [-0.25, -0.2) is 4.98 Å². The number of aromatic nitrogens is 1. The first-order chi connectivity index (χ1) is 11.1. The summed E-state index contributed by atoms with van der Waals surface area (Å²) in [4.78, 5) is 30.5. The summed E-state index contributed by atoms with van der Waals surface area (Å²) < 4.78 is 0. The van der Waals surface area contributed by atoms with Gasteiger partial charge in [0.15, 0.2) is 0 Å². The number of nitrogens with one attached hydrogen (secondary N) is 1. The summed E-state index contributed by atoms with van der Waals surface area (Å²) in [7, 11) is 0. The van der Waals surface area contributed by atoms with Gasteiger partial charge in [-0.05, 0) is 30.4 Å². The van der Waals surface area contributed by atoms with Crippen molar-refractivity contribution in [1.29, 1.82) is 0 Å². The normalized spacial score (nSPS) is 27.5. The van der Waals surface area contributed by atoms with Crippen LogP contribution in [0.25, 0.3) is 0 Å². The summed E-state index contributed by atoms with van der Waals surface area (Å²) >= 11 is 1.43. The highest BCUT2D eigenvalue weighted by Crippen LogP contribution is 2.33. The van der Waals surface area contributed by atoms with Crippen molar-refractivity contribution < 1.29 is 9.59 Å². The number of carbonyl (C=O) groups is 2. The fourth-order valence-electron chi connectivity index (χ4n) is 3.40. The van der Waals surface area contributed by atoms with E-state index in [9.17, 15) is 9.59 Å². The second-order valence-corrected chi connectivity index (χ2v) is 7.50. The molecular formula is C17H23N3O2S. The van der Waals surface area contributed by atoms with Crippen LogP contribution in [-0.2, 0) is 9.59 Å². The Labute approximate surface area is 141 Å². The Morgan fingerprint density at radius 2 is 2.26 bits per heavy atom. The Balaban J connectivity index is 1.67. The molecule has 23 heavy (non-hydrogen) atoms. The number of fused-ring (bicyclic) bond motifs is 1. The number of nitrogens with zero attached hydrogens (tertiary/aromatic N) is 2. The highest BCUT2D eigenvalue weighted by atomic mass is 32.2. The number of hydrogen-bond acceptors (Lipinski definition) is 4. The van der Waals surface area contributed by atoms with E-state index < -0.39 is 0 Å². The molecule has 1 aliphatic carbocycles. The van der Waals surface area contributed by atoms with Gasteiger partial charge >= 0.3 is 0 Å². The maximum absolute atomic E-state index is 12.5. The quantitative estimate of drug-likeness (QED) is 0.923. The van der Waals surface area contributed by atoms with Crippen LogP contribution in [0.1, 0.15) is 33.1 Å². The molecule has 0 spiro atoms. The molecule has 1 aromatic heterocycles. The van der Waals surface area contributed by atoms with Gasteiger partial charge in [-0.2, -0.15) is 0 Å². The lowest BCUT2D eigenvalue weighted by molar-refractivity contribution is -0.124. The number of anilines is 1. The van der Waals surface area contributed by atoms with Crippen LogP contribution in [0.15, 0.2) is 23.4 Å². The number of amides is 2. The molecule has 0 saturated heterocycles. The van der Waals surface area contributed by atoms with Gasteiger partial charge in [-0.1, -0.05) is 38.5 Å². The van der Waals surface area contributed by atoms with Crippen LogP contribution < -0.4 is 10.2 Å². The Morgan fingerprint density at radius 3 is 3.09 bits per heavy atom. The van der Waals surface area contributed by atoms with Crippen LogP contribution in [0, 0.1) is 11.8 Å². The van der Waals surface area contributed by atoms with Crippen LogP contribution >= 0.6 is 11.8 Å². The van der Waals surface area contributed by atoms with Crippen molar-refractivity contribution in [2.45, 2.75) is 44.2 Å². The maximum Gasteiger partial charge on any atom is 0.240 e. The molecule has 1 aliphatic heterocycles. The Bertz CT molecular complexity index is 607. The molecule has 1 saturated carbocycles.